The van der Waals surface area contributed by atoms with E-state index in [9.17, 15) is 9.90 Å². The minimum absolute atomic E-state index is 0.319. The van der Waals surface area contributed by atoms with Crippen LogP contribution in [0.1, 0.15) is 27.7 Å². The second-order valence-electron chi connectivity index (χ2n) is 4.74. The molecule has 1 N–H and O–H groups in total. The predicted octanol–water partition coefficient (Wildman–Crippen LogP) is 1.24. The first-order chi connectivity index (χ1) is 6.80. The van der Waals surface area contributed by atoms with Crippen molar-refractivity contribution in [2.75, 3.05) is 0 Å². The molecule has 0 aromatic heterocycles. The summed E-state index contributed by atoms with van der Waals surface area (Å²) in [5, 5.41) is 9.34. The number of hydrogen-bond donors (Lipinski definition) is 1. The SMILES string of the molecule is C[C@H]1O[C@H](OC(=O)C(C)(C)C)C=C[C@@H]1O. The number of aliphatic hydroxyl groups excluding tert-OH is 1. The fourth-order valence-electron chi connectivity index (χ4n) is 1.05. The molecule has 0 fully saturated rings. The Hall–Kier alpha value is -0.870. The molecule has 86 valence electrons. The van der Waals surface area contributed by atoms with Crippen LogP contribution in [0.25, 0.3) is 0 Å². The summed E-state index contributed by atoms with van der Waals surface area (Å²) in [5.74, 6) is -0.319. The normalized spacial score (nSPS) is 31.4. The van der Waals surface area contributed by atoms with Crippen molar-refractivity contribution in [2.45, 2.75) is 46.2 Å². The second kappa shape index (κ2) is 4.33. The van der Waals surface area contributed by atoms with E-state index in [0.29, 0.717) is 0 Å². The van der Waals surface area contributed by atoms with Gasteiger partial charge in [-0.1, -0.05) is 6.08 Å². The average molecular weight is 214 g/mol. The molecule has 4 nitrogen and oxygen atoms in total. The molecule has 0 aromatic rings. The molecule has 0 bridgehead atoms. The monoisotopic (exact) mass is 214 g/mol. The molecule has 0 unspecified atom stereocenters. The average Bonchev–Trinajstić information content (AvgIpc) is 2.10. The van der Waals surface area contributed by atoms with E-state index in [1.165, 1.54) is 0 Å². The second-order valence-corrected chi connectivity index (χ2v) is 4.74. The van der Waals surface area contributed by atoms with Crippen LogP contribution in [-0.2, 0) is 14.3 Å². The van der Waals surface area contributed by atoms with Gasteiger partial charge in [-0.2, -0.15) is 0 Å². The summed E-state index contributed by atoms with van der Waals surface area (Å²) in [5.41, 5.74) is -0.545. The van der Waals surface area contributed by atoms with Crippen molar-refractivity contribution in [1.82, 2.24) is 0 Å². The van der Waals surface area contributed by atoms with E-state index in [1.54, 1.807) is 39.8 Å². The van der Waals surface area contributed by atoms with E-state index < -0.39 is 17.8 Å². The van der Waals surface area contributed by atoms with Crippen LogP contribution in [0.15, 0.2) is 12.2 Å². The summed E-state index contributed by atoms with van der Waals surface area (Å²) in [6, 6.07) is 0. The lowest BCUT2D eigenvalue weighted by atomic mass is 9.97. The summed E-state index contributed by atoms with van der Waals surface area (Å²) in [6.45, 7) is 7.06. The number of carbonyl (C=O) groups is 1. The van der Waals surface area contributed by atoms with Gasteiger partial charge >= 0.3 is 5.97 Å². The Morgan fingerprint density at radius 3 is 2.47 bits per heavy atom. The highest BCUT2D eigenvalue weighted by Crippen LogP contribution is 2.20. The Morgan fingerprint density at radius 2 is 2.00 bits per heavy atom. The van der Waals surface area contributed by atoms with Crippen LogP contribution in [0.2, 0.25) is 0 Å². The van der Waals surface area contributed by atoms with Crippen molar-refractivity contribution >= 4 is 5.97 Å². The largest absolute Gasteiger partial charge is 0.432 e. The van der Waals surface area contributed by atoms with Crippen LogP contribution in [0, 0.1) is 5.41 Å². The first-order valence-electron chi connectivity index (χ1n) is 5.03. The Labute approximate surface area is 89.9 Å². The highest BCUT2D eigenvalue weighted by molar-refractivity contribution is 5.75. The van der Waals surface area contributed by atoms with Gasteiger partial charge in [0.15, 0.2) is 0 Å². The van der Waals surface area contributed by atoms with Crippen LogP contribution in [0.5, 0.6) is 0 Å². The molecule has 15 heavy (non-hydrogen) atoms. The molecule has 1 aliphatic heterocycles. The summed E-state index contributed by atoms with van der Waals surface area (Å²) in [4.78, 5) is 11.5. The zero-order chi connectivity index (χ0) is 11.6. The van der Waals surface area contributed by atoms with Gasteiger partial charge < -0.3 is 14.6 Å². The maximum Gasteiger partial charge on any atom is 0.313 e. The van der Waals surface area contributed by atoms with Crippen molar-refractivity contribution < 1.29 is 19.4 Å². The number of aliphatic hydroxyl groups is 1. The lowest BCUT2D eigenvalue weighted by molar-refractivity contribution is -0.193. The van der Waals surface area contributed by atoms with Gasteiger partial charge in [-0.25, -0.2) is 0 Å². The topological polar surface area (TPSA) is 55.8 Å². The number of esters is 1. The van der Waals surface area contributed by atoms with Crippen molar-refractivity contribution in [3.8, 4) is 0 Å². The fraction of sp³-hybridized carbons (Fsp3) is 0.727. The molecule has 0 radical (unpaired) electrons. The van der Waals surface area contributed by atoms with Crippen LogP contribution in [-0.4, -0.2) is 29.6 Å². The molecule has 1 aliphatic rings. The minimum atomic E-state index is -0.685. The van der Waals surface area contributed by atoms with E-state index in [2.05, 4.69) is 0 Å². The molecule has 1 rings (SSSR count). The maximum atomic E-state index is 11.5. The molecule has 1 heterocycles. The first-order valence-corrected chi connectivity index (χ1v) is 5.03. The Morgan fingerprint density at radius 1 is 1.40 bits per heavy atom. The van der Waals surface area contributed by atoms with E-state index in [1.807, 2.05) is 0 Å². The van der Waals surface area contributed by atoms with E-state index in [4.69, 9.17) is 9.47 Å². The van der Waals surface area contributed by atoms with Gasteiger partial charge in [-0.15, -0.1) is 0 Å². The molecule has 0 spiro atoms. The lowest BCUT2D eigenvalue weighted by Gasteiger charge is -2.28. The summed E-state index contributed by atoms with van der Waals surface area (Å²) in [7, 11) is 0. The first kappa shape index (κ1) is 12.2. The van der Waals surface area contributed by atoms with E-state index in [0.717, 1.165) is 0 Å². The van der Waals surface area contributed by atoms with Gasteiger partial charge in [0.1, 0.15) is 0 Å². The van der Waals surface area contributed by atoms with Crippen LogP contribution < -0.4 is 0 Å². The van der Waals surface area contributed by atoms with Gasteiger partial charge in [-0.3, -0.25) is 4.79 Å². The van der Waals surface area contributed by atoms with Crippen molar-refractivity contribution in [3.05, 3.63) is 12.2 Å². The molecule has 0 amide bonds. The standard InChI is InChI=1S/C11H18O4/c1-7-8(12)5-6-9(14-7)15-10(13)11(2,3)4/h5-9,12H,1-4H3/t7-,8+,9-/m1/s1. The van der Waals surface area contributed by atoms with Gasteiger partial charge in [0.2, 0.25) is 6.29 Å². The number of hydrogen-bond acceptors (Lipinski definition) is 4. The molecule has 3 atom stereocenters. The Balaban J connectivity index is 2.55. The van der Waals surface area contributed by atoms with Gasteiger partial charge in [0.25, 0.3) is 0 Å². The zero-order valence-electron chi connectivity index (χ0n) is 9.56. The highest BCUT2D eigenvalue weighted by atomic mass is 16.7. The molecule has 0 saturated heterocycles. The third-order valence-corrected chi connectivity index (χ3v) is 2.13. The van der Waals surface area contributed by atoms with Crippen molar-refractivity contribution in [3.63, 3.8) is 0 Å². The molecular weight excluding hydrogens is 196 g/mol. The minimum Gasteiger partial charge on any atom is -0.432 e. The maximum absolute atomic E-state index is 11.5. The molecule has 4 heteroatoms. The van der Waals surface area contributed by atoms with Crippen LogP contribution >= 0.6 is 0 Å². The van der Waals surface area contributed by atoms with Gasteiger partial charge in [-0.05, 0) is 33.8 Å². The quantitative estimate of drug-likeness (QED) is 0.527. The van der Waals surface area contributed by atoms with E-state index >= 15 is 0 Å². The Kier molecular flexibility index (Phi) is 3.52. The van der Waals surface area contributed by atoms with Gasteiger partial charge in [0, 0.05) is 0 Å². The van der Waals surface area contributed by atoms with E-state index in [-0.39, 0.29) is 12.1 Å². The lowest BCUT2D eigenvalue weighted by Crippen LogP contribution is -2.37. The molecular formula is C11H18O4. The van der Waals surface area contributed by atoms with Crippen LogP contribution in [0.4, 0.5) is 0 Å². The van der Waals surface area contributed by atoms with Crippen molar-refractivity contribution in [1.29, 1.82) is 0 Å². The number of ether oxygens (including phenoxy) is 2. The number of rotatable bonds is 1. The summed E-state index contributed by atoms with van der Waals surface area (Å²) < 4.78 is 10.4. The smallest absolute Gasteiger partial charge is 0.313 e. The molecule has 0 aliphatic carbocycles. The third kappa shape index (κ3) is 3.32. The third-order valence-electron chi connectivity index (χ3n) is 2.13. The fourth-order valence-corrected chi connectivity index (χ4v) is 1.05. The molecule has 0 aromatic carbocycles. The summed E-state index contributed by atoms with van der Waals surface area (Å²) >= 11 is 0. The number of carbonyl (C=O) groups excluding carboxylic acids is 1. The predicted molar refractivity (Wildman–Crippen MR) is 55.0 cm³/mol. The van der Waals surface area contributed by atoms with Gasteiger partial charge in [0.05, 0.1) is 17.6 Å². The Bertz CT molecular complexity index is 264. The summed E-state index contributed by atoms with van der Waals surface area (Å²) in [6.07, 6.45) is 1.46. The van der Waals surface area contributed by atoms with Crippen LogP contribution in [0.3, 0.4) is 0 Å². The van der Waals surface area contributed by atoms with Crippen molar-refractivity contribution in [2.24, 2.45) is 5.41 Å². The zero-order valence-corrected chi connectivity index (χ0v) is 9.56. The highest BCUT2D eigenvalue weighted by Gasteiger charge is 2.29. The molecule has 0 saturated carbocycles.